The van der Waals surface area contributed by atoms with Crippen molar-refractivity contribution in [3.05, 3.63) is 44.8 Å². The van der Waals surface area contributed by atoms with Crippen molar-refractivity contribution in [1.29, 1.82) is 0 Å². The maximum Gasteiger partial charge on any atom is 0.410 e. The first-order valence-electron chi connectivity index (χ1n) is 8.50. The molecule has 1 aromatic heterocycles. The molecule has 140 valence electrons. The van der Waals surface area contributed by atoms with Gasteiger partial charge >= 0.3 is 6.09 Å². The third-order valence-electron chi connectivity index (χ3n) is 4.35. The van der Waals surface area contributed by atoms with E-state index in [2.05, 4.69) is 4.98 Å². The molecule has 0 radical (unpaired) electrons. The summed E-state index contributed by atoms with van der Waals surface area (Å²) in [7, 11) is 0. The van der Waals surface area contributed by atoms with Crippen LogP contribution in [-0.2, 0) is 11.3 Å². The maximum absolute atomic E-state index is 12.1. The Bertz CT molecular complexity index is 719. The molecule has 1 aromatic carbocycles. The van der Waals surface area contributed by atoms with Gasteiger partial charge < -0.3 is 14.4 Å². The van der Waals surface area contributed by atoms with Crippen LogP contribution in [-0.4, -0.2) is 35.7 Å². The molecule has 1 saturated heterocycles. The minimum atomic E-state index is -0.263. The summed E-state index contributed by atoms with van der Waals surface area (Å²) in [6.07, 6.45) is 4.25. The average Bonchev–Trinajstić information content (AvgIpc) is 3.17. The van der Waals surface area contributed by atoms with Gasteiger partial charge in [0.1, 0.15) is 17.4 Å². The van der Waals surface area contributed by atoms with Crippen LogP contribution in [0.4, 0.5) is 4.79 Å². The first kappa shape index (κ1) is 19.3. The summed E-state index contributed by atoms with van der Waals surface area (Å²) in [5.41, 5.74) is 0. The number of hydrogen-bond donors (Lipinski definition) is 0. The number of amides is 1. The van der Waals surface area contributed by atoms with Crippen molar-refractivity contribution in [1.82, 2.24) is 9.88 Å². The molecule has 1 aliphatic rings. The second-order valence-corrected chi connectivity index (χ2v) is 7.95. The summed E-state index contributed by atoms with van der Waals surface area (Å²) in [6.45, 7) is 2.24. The van der Waals surface area contributed by atoms with Crippen LogP contribution in [0.5, 0.6) is 5.75 Å². The van der Waals surface area contributed by atoms with Crippen LogP contribution < -0.4 is 4.74 Å². The molecule has 0 spiro atoms. The minimum absolute atomic E-state index is 0.241. The third kappa shape index (κ3) is 5.50. The number of nitrogens with zero attached hydrogens (tertiary/aromatic N) is 2. The van der Waals surface area contributed by atoms with Gasteiger partial charge in [-0.2, -0.15) is 0 Å². The van der Waals surface area contributed by atoms with Crippen LogP contribution in [0.2, 0.25) is 10.0 Å². The fourth-order valence-corrected chi connectivity index (χ4v) is 3.73. The lowest BCUT2D eigenvalue weighted by molar-refractivity contribution is 0.0799. The van der Waals surface area contributed by atoms with Gasteiger partial charge in [0, 0.05) is 35.8 Å². The average molecular weight is 415 g/mol. The molecule has 1 aliphatic heterocycles. The summed E-state index contributed by atoms with van der Waals surface area (Å²) >= 11 is 13.5. The third-order valence-corrected chi connectivity index (χ3v) is 5.65. The SMILES string of the molecule is O=C(OCc1nccs1)N1CCC(CCOc2cc(Cl)ccc2Cl)CC1. The summed E-state index contributed by atoms with van der Waals surface area (Å²) in [4.78, 5) is 18.0. The van der Waals surface area contributed by atoms with Crippen molar-refractivity contribution in [2.24, 2.45) is 5.92 Å². The number of piperidine rings is 1. The van der Waals surface area contributed by atoms with Crippen molar-refractivity contribution in [2.75, 3.05) is 19.7 Å². The summed E-state index contributed by atoms with van der Waals surface area (Å²) in [5.74, 6) is 1.14. The Labute approximate surface area is 166 Å². The van der Waals surface area contributed by atoms with E-state index in [0.29, 0.717) is 41.4 Å². The zero-order chi connectivity index (χ0) is 18.4. The highest BCUT2D eigenvalue weighted by molar-refractivity contribution is 7.09. The van der Waals surface area contributed by atoms with Crippen molar-refractivity contribution >= 4 is 40.6 Å². The van der Waals surface area contributed by atoms with Gasteiger partial charge in [-0.15, -0.1) is 11.3 Å². The quantitative estimate of drug-likeness (QED) is 0.645. The molecule has 0 atom stereocenters. The first-order chi connectivity index (χ1) is 12.6. The van der Waals surface area contributed by atoms with E-state index in [0.717, 1.165) is 24.3 Å². The number of aromatic nitrogens is 1. The van der Waals surface area contributed by atoms with Gasteiger partial charge in [0.2, 0.25) is 0 Å². The topological polar surface area (TPSA) is 51.7 Å². The standard InChI is InChI=1S/C18H20Cl2N2O3S/c19-14-1-2-15(20)16(11-14)24-9-5-13-3-7-22(8-4-13)18(23)25-12-17-21-6-10-26-17/h1-2,6,10-11,13H,3-5,7-9,12H2. The second-order valence-electron chi connectivity index (χ2n) is 6.12. The van der Waals surface area contributed by atoms with E-state index in [1.165, 1.54) is 11.3 Å². The minimum Gasteiger partial charge on any atom is -0.492 e. The highest BCUT2D eigenvalue weighted by atomic mass is 35.5. The molecule has 5 nitrogen and oxygen atoms in total. The zero-order valence-corrected chi connectivity index (χ0v) is 16.5. The lowest BCUT2D eigenvalue weighted by Crippen LogP contribution is -2.39. The van der Waals surface area contributed by atoms with E-state index in [4.69, 9.17) is 32.7 Å². The molecule has 2 aromatic rings. The Morgan fingerprint density at radius 2 is 2.12 bits per heavy atom. The molecular weight excluding hydrogens is 395 g/mol. The largest absolute Gasteiger partial charge is 0.492 e. The van der Waals surface area contributed by atoms with E-state index < -0.39 is 0 Å². The lowest BCUT2D eigenvalue weighted by atomic mass is 9.94. The Balaban J connectivity index is 1.35. The van der Waals surface area contributed by atoms with Crippen molar-refractivity contribution in [2.45, 2.75) is 25.9 Å². The number of hydrogen-bond acceptors (Lipinski definition) is 5. The van der Waals surface area contributed by atoms with E-state index in [9.17, 15) is 4.79 Å². The molecule has 0 bridgehead atoms. The van der Waals surface area contributed by atoms with E-state index in [1.807, 2.05) is 5.38 Å². The van der Waals surface area contributed by atoms with Crippen LogP contribution in [0, 0.1) is 5.92 Å². The highest BCUT2D eigenvalue weighted by Gasteiger charge is 2.24. The Morgan fingerprint density at radius 1 is 1.31 bits per heavy atom. The van der Waals surface area contributed by atoms with Crippen LogP contribution in [0.1, 0.15) is 24.3 Å². The summed E-state index contributed by atoms with van der Waals surface area (Å²) in [5, 5.41) is 3.85. The van der Waals surface area contributed by atoms with Crippen LogP contribution in [0.25, 0.3) is 0 Å². The van der Waals surface area contributed by atoms with E-state index >= 15 is 0 Å². The van der Waals surface area contributed by atoms with Crippen molar-refractivity contribution in [3.8, 4) is 5.75 Å². The van der Waals surface area contributed by atoms with Crippen molar-refractivity contribution in [3.63, 3.8) is 0 Å². The fourth-order valence-electron chi connectivity index (χ4n) is 2.87. The molecule has 26 heavy (non-hydrogen) atoms. The molecule has 0 aliphatic carbocycles. The van der Waals surface area contributed by atoms with Gasteiger partial charge in [-0.25, -0.2) is 9.78 Å². The maximum atomic E-state index is 12.1. The van der Waals surface area contributed by atoms with Crippen molar-refractivity contribution < 1.29 is 14.3 Å². The number of carbonyl (C=O) groups is 1. The summed E-state index contributed by atoms with van der Waals surface area (Å²) in [6, 6.07) is 5.19. The molecule has 8 heteroatoms. The second kappa shape index (κ2) is 9.44. The van der Waals surface area contributed by atoms with Gasteiger partial charge in [-0.1, -0.05) is 23.2 Å². The number of halogens is 2. The predicted octanol–water partition coefficient (Wildman–Crippen LogP) is 5.27. The Morgan fingerprint density at radius 3 is 2.85 bits per heavy atom. The molecule has 3 rings (SSSR count). The van der Waals surface area contributed by atoms with Gasteiger partial charge in [0.15, 0.2) is 0 Å². The molecule has 0 unspecified atom stereocenters. The molecule has 0 N–H and O–H groups in total. The van der Waals surface area contributed by atoms with Crippen LogP contribution >= 0.6 is 34.5 Å². The monoisotopic (exact) mass is 414 g/mol. The van der Waals surface area contributed by atoms with Gasteiger partial charge in [0.05, 0.1) is 11.6 Å². The molecular formula is C18H20Cl2N2O3S. The predicted molar refractivity (Wildman–Crippen MR) is 103 cm³/mol. The van der Waals surface area contributed by atoms with Gasteiger partial charge in [-0.3, -0.25) is 0 Å². The fraction of sp³-hybridized carbons (Fsp3) is 0.444. The van der Waals surface area contributed by atoms with Crippen LogP contribution in [0.15, 0.2) is 29.8 Å². The van der Waals surface area contributed by atoms with E-state index in [1.54, 1.807) is 29.3 Å². The smallest absolute Gasteiger partial charge is 0.410 e. The normalized spacial score (nSPS) is 15.1. The number of ether oxygens (including phenoxy) is 2. The lowest BCUT2D eigenvalue weighted by Gasteiger charge is -2.31. The summed E-state index contributed by atoms with van der Waals surface area (Å²) < 4.78 is 11.1. The highest BCUT2D eigenvalue weighted by Crippen LogP contribution is 2.28. The Kier molecular flexibility index (Phi) is 7.00. The van der Waals surface area contributed by atoms with Gasteiger partial charge in [0.25, 0.3) is 0 Å². The number of thiazole rings is 1. The molecule has 1 amide bonds. The number of benzene rings is 1. The molecule has 0 saturated carbocycles. The van der Waals surface area contributed by atoms with Gasteiger partial charge in [-0.05, 0) is 37.3 Å². The molecule has 1 fully saturated rings. The number of rotatable bonds is 6. The zero-order valence-electron chi connectivity index (χ0n) is 14.2. The Hall–Kier alpha value is -1.50. The first-order valence-corrected chi connectivity index (χ1v) is 10.1. The van der Waals surface area contributed by atoms with E-state index in [-0.39, 0.29) is 12.7 Å². The number of carbonyl (C=O) groups excluding carboxylic acids is 1. The number of likely N-dealkylation sites (tertiary alicyclic amines) is 1. The van der Waals surface area contributed by atoms with Crippen LogP contribution in [0.3, 0.4) is 0 Å². The molecule has 2 heterocycles.